The molecule has 5 nitrogen and oxygen atoms in total. The van der Waals surface area contributed by atoms with Crippen molar-refractivity contribution in [3.8, 4) is 0 Å². The van der Waals surface area contributed by atoms with E-state index in [2.05, 4.69) is 0 Å². The molecule has 1 fully saturated rings. The van der Waals surface area contributed by atoms with E-state index < -0.39 is 23.3 Å². The Morgan fingerprint density at radius 1 is 1.17 bits per heavy atom. The monoisotopic (exact) mass is 327 g/mol. The minimum Gasteiger partial charge on any atom is -0.444 e. The molecule has 0 aliphatic carbocycles. The van der Waals surface area contributed by atoms with Gasteiger partial charge in [-0.25, -0.2) is 13.6 Å². The van der Waals surface area contributed by atoms with Gasteiger partial charge in [0.05, 0.1) is 11.4 Å². The fourth-order valence-electron chi connectivity index (χ4n) is 2.53. The van der Waals surface area contributed by atoms with E-state index in [1.165, 1.54) is 6.07 Å². The van der Waals surface area contributed by atoms with Gasteiger partial charge in [0, 0.05) is 26.2 Å². The number of halogens is 2. The summed E-state index contributed by atoms with van der Waals surface area (Å²) in [5, 5.41) is 0. The van der Waals surface area contributed by atoms with E-state index in [1.54, 1.807) is 30.6 Å². The first-order valence-corrected chi connectivity index (χ1v) is 7.65. The van der Waals surface area contributed by atoms with Crippen LogP contribution in [0, 0.1) is 11.6 Å². The van der Waals surface area contributed by atoms with E-state index >= 15 is 0 Å². The van der Waals surface area contributed by atoms with Crippen molar-refractivity contribution in [2.45, 2.75) is 32.8 Å². The Morgan fingerprint density at radius 3 is 2.52 bits per heavy atom. The summed E-state index contributed by atoms with van der Waals surface area (Å²) in [7, 11) is 0. The summed E-state index contributed by atoms with van der Waals surface area (Å²) in [5.74, 6) is -1.88. The van der Waals surface area contributed by atoms with Crippen LogP contribution in [0.15, 0.2) is 12.1 Å². The third-order valence-corrected chi connectivity index (χ3v) is 3.56. The molecule has 0 aromatic heterocycles. The first-order chi connectivity index (χ1) is 10.7. The molecule has 7 heteroatoms. The Balaban J connectivity index is 2.10. The number of anilines is 2. The van der Waals surface area contributed by atoms with Crippen molar-refractivity contribution in [3.63, 3.8) is 0 Å². The highest BCUT2D eigenvalue weighted by Gasteiger charge is 2.26. The van der Waals surface area contributed by atoms with Gasteiger partial charge in [-0.05, 0) is 39.3 Å². The number of benzene rings is 1. The zero-order valence-electron chi connectivity index (χ0n) is 13.7. The number of carbonyl (C=O) groups excluding carboxylic acids is 1. The summed E-state index contributed by atoms with van der Waals surface area (Å²) >= 11 is 0. The van der Waals surface area contributed by atoms with Crippen LogP contribution in [0.4, 0.5) is 25.0 Å². The standard InChI is InChI=1S/C16H23F2N3O2/c1-16(2,3)23-15(22)21-8-4-7-20(9-10-21)14-12(19)6-5-11(17)13(14)18/h5-6H,4,7-10,19H2,1-3H3. The first-order valence-electron chi connectivity index (χ1n) is 7.65. The van der Waals surface area contributed by atoms with Crippen molar-refractivity contribution >= 4 is 17.5 Å². The molecule has 1 aromatic carbocycles. The van der Waals surface area contributed by atoms with E-state index in [0.29, 0.717) is 32.6 Å². The summed E-state index contributed by atoms with van der Waals surface area (Å²) in [4.78, 5) is 15.4. The molecule has 1 amide bonds. The van der Waals surface area contributed by atoms with Crippen LogP contribution in [0.3, 0.4) is 0 Å². The molecule has 23 heavy (non-hydrogen) atoms. The second-order valence-corrected chi connectivity index (χ2v) is 6.61. The van der Waals surface area contributed by atoms with Gasteiger partial charge in [-0.3, -0.25) is 0 Å². The third kappa shape index (κ3) is 4.24. The molecular weight excluding hydrogens is 304 g/mol. The lowest BCUT2D eigenvalue weighted by molar-refractivity contribution is 0.0263. The fourth-order valence-corrected chi connectivity index (χ4v) is 2.53. The zero-order valence-corrected chi connectivity index (χ0v) is 13.7. The number of nitrogens with two attached hydrogens (primary N) is 1. The lowest BCUT2D eigenvalue weighted by atomic mass is 10.2. The van der Waals surface area contributed by atoms with Gasteiger partial charge in [-0.2, -0.15) is 0 Å². The van der Waals surface area contributed by atoms with Crippen LogP contribution in [0.25, 0.3) is 0 Å². The summed E-state index contributed by atoms with van der Waals surface area (Å²) in [6.45, 7) is 7.13. The molecule has 0 unspecified atom stereocenters. The number of carbonyl (C=O) groups is 1. The molecule has 1 aliphatic rings. The highest BCUT2D eigenvalue weighted by atomic mass is 19.2. The number of hydrogen-bond donors (Lipinski definition) is 1. The maximum absolute atomic E-state index is 14.1. The minimum atomic E-state index is -0.948. The van der Waals surface area contributed by atoms with Gasteiger partial charge in [0.15, 0.2) is 11.6 Å². The highest BCUT2D eigenvalue weighted by Crippen LogP contribution is 2.29. The van der Waals surface area contributed by atoms with E-state index in [1.807, 2.05) is 0 Å². The Hall–Kier alpha value is -2.05. The van der Waals surface area contributed by atoms with Crippen molar-refractivity contribution in [1.29, 1.82) is 0 Å². The van der Waals surface area contributed by atoms with Crippen LogP contribution < -0.4 is 10.6 Å². The fraction of sp³-hybridized carbons (Fsp3) is 0.562. The van der Waals surface area contributed by atoms with Crippen molar-refractivity contribution in [1.82, 2.24) is 4.90 Å². The number of hydrogen-bond acceptors (Lipinski definition) is 4. The molecule has 1 saturated heterocycles. The molecule has 0 radical (unpaired) electrons. The SMILES string of the molecule is CC(C)(C)OC(=O)N1CCCN(c2c(N)ccc(F)c2F)CC1. The second kappa shape index (κ2) is 6.60. The zero-order chi connectivity index (χ0) is 17.2. The van der Waals surface area contributed by atoms with Gasteiger partial charge in [-0.15, -0.1) is 0 Å². The second-order valence-electron chi connectivity index (χ2n) is 6.61. The largest absolute Gasteiger partial charge is 0.444 e. The highest BCUT2D eigenvalue weighted by molar-refractivity contribution is 5.70. The third-order valence-electron chi connectivity index (χ3n) is 3.56. The van der Waals surface area contributed by atoms with E-state index in [9.17, 15) is 13.6 Å². The molecule has 0 atom stereocenters. The van der Waals surface area contributed by atoms with Crippen LogP contribution in [0.1, 0.15) is 27.2 Å². The Morgan fingerprint density at radius 2 is 1.87 bits per heavy atom. The first kappa shape index (κ1) is 17.3. The van der Waals surface area contributed by atoms with E-state index in [0.717, 1.165) is 6.07 Å². The summed E-state index contributed by atoms with van der Waals surface area (Å²) < 4.78 is 32.9. The van der Waals surface area contributed by atoms with Gasteiger partial charge in [-0.1, -0.05) is 0 Å². The average Bonchev–Trinajstić information content (AvgIpc) is 2.68. The molecule has 0 bridgehead atoms. The van der Waals surface area contributed by atoms with Crippen molar-refractivity contribution in [3.05, 3.63) is 23.8 Å². The summed E-state index contributed by atoms with van der Waals surface area (Å²) in [6, 6.07) is 2.36. The minimum absolute atomic E-state index is 0.0658. The van der Waals surface area contributed by atoms with Crippen LogP contribution in [0.2, 0.25) is 0 Å². The van der Waals surface area contributed by atoms with Crippen molar-refractivity contribution in [2.24, 2.45) is 0 Å². The summed E-state index contributed by atoms with van der Waals surface area (Å²) in [6.07, 6.45) is 0.223. The molecule has 2 rings (SSSR count). The Kier molecular flexibility index (Phi) is 4.97. The van der Waals surface area contributed by atoms with Crippen LogP contribution in [-0.4, -0.2) is 42.8 Å². The average molecular weight is 327 g/mol. The number of nitrogen functional groups attached to an aromatic ring is 1. The van der Waals surface area contributed by atoms with Crippen LogP contribution in [-0.2, 0) is 4.74 Å². The maximum Gasteiger partial charge on any atom is 0.410 e. The molecule has 1 aromatic rings. The predicted octanol–water partition coefficient (Wildman–Crippen LogP) is 2.99. The van der Waals surface area contributed by atoms with Crippen molar-refractivity contribution < 1.29 is 18.3 Å². The Bertz CT molecular complexity index is 587. The van der Waals surface area contributed by atoms with Gasteiger partial charge in [0.2, 0.25) is 0 Å². The number of rotatable bonds is 1. The lowest BCUT2D eigenvalue weighted by Gasteiger charge is -2.27. The van der Waals surface area contributed by atoms with Crippen LogP contribution in [0.5, 0.6) is 0 Å². The van der Waals surface area contributed by atoms with E-state index in [-0.39, 0.29) is 11.4 Å². The molecular formula is C16H23F2N3O2. The quantitative estimate of drug-likeness (QED) is 0.806. The van der Waals surface area contributed by atoms with Gasteiger partial charge in [0.25, 0.3) is 0 Å². The predicted molar refractivity (Wildman–Crippen MR) is 85.4 cm³/mol. The van der Waals surface area contributed by atoms with Gasteiger partial charge >= 0.3 is 6.09 Å². The van der Waals surface area contributed by atoms with Crippen molar-refractivity contribution in [2.75, 3.05) is 36.8 Å². The smallest absolute Gasteiger partial charge is 0.410 e. The summed E-state index contributed by atoms with van der Waals surface area (Å²) in [5.41, 5.74) is 5.48. The normalized spacial score (nSPS) is 16.2. The molecule has 1 aliphatic heterocycles. The maximum atomic E-state index is 14.1. The van der Waals surface area contributed by atoms with Gasteiger partial charge in [0.1, 0.15) is 5.60 Å². The number of amides is 1. The number of nitrogens with zero attached hydrogens (tertiary/aromatic N) is 2. The van der Waals surface area contributed by atoms with Crippen LogP contribution >= 0.6 is 0 Å². The Labute approximate surface area is 135 Å². The molecule has 0 saturated carbocycles. The molecule has 2 N–H and O–H groups in total. The van der Waals surface area contributed by atoms with E-state index in [4.69, 9.17) is 10.5 Å². The number of ether oxygens (including phenoxy) is 1. The molecule has 1 heterocycles. The van der Waals surface area contributed by atoms with Gasteiger partial charge < -0.3 is 20.3 Å². The molecule has 0 spiro atoms. The topological polar surface area (TPSA) is 58.8 Å². The lowest BCUT2D eigenvalue weighted by Crippen LogP contribution is -2.39. The molecule has 128 valence electrons.